The lowest BCUT2D eigenvalue weighted by atomic mass is 9.89. The molecule has 0 bridgehead atoms. The molecule has 2 N–H and O–H groups in total. The van der Waals surface area contributed by atoms with Crippen molar-refractivity contribution < 1.29 is 19.0 Å². The number of methoxy groups -OCH3 is 2. The van der Waals surface area contributed by atoms with Gasteiger partial charge < -0.3 is 24.5 Å². The number of hydrogen-bond acceptors (Lipinski definition) is 4. The van der Waals surface area contributed by atoms with Crippen LogP contribution in [0.1, 0.15) is 29.9 Å². The van der Waals surface area contributed by atoms with E-state index < -0.39 is 0 Å². The fourth-order valence-electron chi connectivity index (χ4n) is 4.06. The van der Waals surface area contributed by atoms with Gasteiger partial charge in [-0.25, -0.2) is 0 Å². The highest BCUT2D eigenvalue weighted by molar-refractivity contribution is 5.85. The van der Waals surface area contributed by atoms with Crippen LogP contribution in [-0.2, 0) is 9.53 Å². The number of rotatable bonds is 7. The molecule has 1 saturated heterocycles. The Balaban J connectivity index is 1.72. The maximum atomic E-state index is 12.6. The largest absolute Gasteiger partial charge is 0.493 e. The summed E-state index contributed by atoms with van der Waals surface area (Å²) in [6, 6.07) is 14.0. The molecule has 6 nitrogen and oxygen atoms in total. The molecule has 29 heavy (non-hydrogen) atoms. The summed E-state index contributed by atoms with van der Waals surface area (Å²) < 4.78 is 16.7. The van der Waals surface area contributed by atoms with Crippen molar-refractivity contribution in [2.75, 3.05) is 27.4 Å². The quantitative estimate of drug-likeness (QED) is 0.642. The first kappa shape index (κ1) is 19.3. The minimum atomic E-state index is -0.356. The van der Waals surface area contributed by atoms with E-state index in [-0.39, 0.29) is 17.9 Å². The highest BCUT2D eigenvalue weighted by atomic mass is 16.5. The predicted octanol–water partition coefficient (Wildman–Crippen LogP) is 3.61. The van der Waals surface area contributed by atoms with Gasteiger partial charge in [0, 0.05) is 41.7 Å². The van der Waals surface area contributed by atoms with Gasteiger partial charge in [-0.3, -0.25) is 4.79 Å². The molecule has 4 rings (SSSR count). The third kappa shape index (κ3) is 3.80. The SMILES string of the molecule is COc1cccc(C(CNC(=O)C2CCCO2)c2c[nH]c3ccccc23)c1OC. The average molecular weight is 394 g/mol. The summed E-state index contributed by atoms with van der Waals surface area (Å²) in [4.78, 5) is 15.9. The van der Waals surface area contributed by atoms with Gasteiger partial charge in [-0.2, -0.15) is 0 Å². The predicted molar refractivity (Wildman–Crippen MR) is 112 cm³/mol. The van der Waals surface area contributed by atoms with Gasteiger partial charge in [0.2, 0.25) is 5.91 Å². The zero-order valence-corrected chi connectivity index (χ0v) is 16.7. The average Bonchev–Trinajstić information content (AvgIpc) is 3.44. The number of nitrogens with one attached hydrogen (secondary N) is 2. The highest BCUT2D eigenvalue weighted by Gasteiger charge is 2.27. The number of carbonyl (C=O) groups excluding carboxylic acids is 1. The summed E-state index contributed by atoms with van der Waals surface area (Å²) in [7, 11) is 3.26. The van der Waals surface area contributed by atoms with E-state index in [2.05, 4.69) is 16.4 Å². The van der Waals surface area contributed by atoms with Crippen LogP contribution in [0.25, 0.3) is 10.9 Å². The summed E-state index contributed by atoms with van der Waals surface area (Å²) in [5.74, 6) is 1.17. The maximum absolute atomic E-state index is 12.6. The molecule has 6 heteroatoms. The normalized spacial score (nSPS) is 17.2. The Labute approximate surface area is 170 Å². The molecule has 0 aliphatic carbocycles. The number of hydrogen-bond donors (Lipinski definition) is 2. The summed E-state index contributed by atoms with van der Waals surface area (Å²) in [6.45, 7) is 1.08. The first-order valence-electron chi connectivity index (χ1n) is 9.89. The lowest BCUT2D eigenvalue weighted by Gasteiger charge is -2.22. The van der Waals surface area contributed by atoms with Crippen LogP contribution in [0, 0.1) is 0 Å². The first-order chi connectivity index (χ1) is 14.2. The smallest absolute Gasteiger partial charge is 0.249 e. The molecule has 1 aromatic heterocycles. The Hall–Kier alpha value is -2.99. The van der Waals surface area contributed by atoms with Crippen LogP contribution in [0.3, 0.4) is 0 Å². The van der Waals surface area contributed by atoms with Crippen molar-refractivity contribution in [3.8, 4) is 11.5 Å². The van der Waals surface area contributed by atoms with Crippen LogP contribution < -0.4 is 14.8 Å². The number of amides is 1. The Bertz CT molecular complexity index is 991. The number of aromatic amines is 1. The number of aromatic nitrogens is 1. The van der Waals surface area contributed by atoms with Crippen LogP contribution in [0.5, 0.6) is 11.5 Å². The lowest BCUT2D eigenvalue weighted by molar-refractivity contribution is -0.130. The van der Waals surface area contributed by atoms with E-state index in [9.17, 15) is 4.79 Å². The molecule has 0 saturated carbocycles. The van der Waals surface area contributed by atoms with Gasteiger partial charge in [0.1, 0.15) is 6.10 Å². The first-order valence-corrected chi connectivity index (χ1v) is 9.89. The summed E-state index contributed by atoms with van der Waals surface area (Å²) in [5.41, 5.74) is 3.11. The molecule has 0 radical (unpaired) electrons. The number of para-hydroxylation sites is 2. The number of ether oxygens (including phenoxy) is 3. The van der Waals surface area contributed by atoms with Crippen molar-refractivity contribution in [1.82, 2.24) is 10.3 Å². The summed E-state index contributed by atoms with van der Waals surface area (Å²) >= 11 is 0. The van der Waals surface area contributed by atoms with Gasteiger partial charge in [-0.05, 0) is 30.5 Å². The molecular formula is C23H26N2O4. The zero-order chi connectivity index (χ0) is 20.2. The van der Waals surface area contributed by atoms with Crippen molar-refractivity contribution in [3.05, 3.63) is 59.8 Å². The molecule has 2 atom stereocenters. The van der Waals surface area contributed by atoms with Crippen LogP contribution in [0.15, 0.2) is 48.7 Å². The molecule has 1 aliphatic rings. The molecule has 1 aliphatic heterocycles. The van der Waals surface area contributed by atoms with Crippen LogP contribution >= 0.6 is 0 Å². The van der Waals surface area contributed by atoms with Crippen LogP contribution in [0.2, 0.25) is 0 Å². The van der Waals surface area contributed by atoms with E-state index in [0.717, 1.165) is 34.9 Å². The highest BCUT2D eigenvalue weighted by Crippen LogP contribution is 2.40. The van der Waals surface area contributed by atoms with E-state index in [1.165, 1.54) is 0 Å². The zero-order valence-electron chi connectivity index (χ0n) is 16.7. The molecule has 2 aromatic carbocycles. The molecule has 1 amide bonds. The molecule has 0 spiro atoms. The van der Waals surface area contributed by atoms with Crippen molar-refractivity contribution in [2.45, 2.75) is 24.9 Å². The van der Waals surface area contributed by atoms with E-state index in [0.29, 0.717) is 24.7 Å². The van der Waals surface area contributed by atoms with Gasteiger partial charge in [0.05, 0.1) is 14.2 Å². The van der Waals surface area contributed by atoms with Crippen LogP contribution in [-0.4, -0.2) is 44.4 Å². The van der Waals surface area contributed by atoms with Gasteiger partial charge in [0.25, 0.3) is 0 Å². The molecule has 3 aromatic rings. The second kappa shape index (κ2) is 8.57. The number of carbonyl (C=O) groups is 1. The Kier molecular flexibility index (Phi) is 5.71. The third-order valence-electron chi connectivity index (χ3n) is 5.51. The van der Waals surface area contributed by atoms with Crippen LogP contribution in [0.4, 0.5) is 0 Å². The minimum absolute atomic E-state index is 0.0609. The summed E-state index contributed by atoms with van der Waals surface area (Å²) in [5, 5.41) is 4.21. The Morgan fingerprint density at radius 3 is 2.79 bits per heavy atom. The lowest BCUT2D eigenvalue weighted by Crippen LogP contribution is -2.37. The van der Waals surface area contributed by atoms with E-state index in [4.69, 9.17) is 14.2 Å². The topological polar surface area (TPSA) is 72.6 Å². The Morgan fingerprint density at radius 1 is 1.17 bits per heavy atom. The number of benzene rings is 2. The summed E-state index contributed by atoms with van der Waals surface area (Å²) in [6.07, 6.45) is 3.34. The van der Waals surface area contributed by atoms with Crippen molar-refractivity contribution >= 4 is 16.8 Å². The maximum Gasteiger partial charge on any atom is 0.249 e. The molecule has 1 fully saturated rings. The van der Waals surface area contributed by atoms with E-state index in [1.54, 1.807) is 14.2 Å². The molecule has 2 heterocycles. The molecule has 2 unspecified atom stereocenters. The standard InChI is InChI=1S/C23H26N2O4/c1-27-20-10-5-8-16(22(20)28-2)18(14-25-23(26)21-11-6-12-29-21)17-13-24-19-9-4-3-7-15(17)19/h3-5,7-10,13,18,21,24H,6,11-12,14H2,1-2H3,(H,25,26). The van der Waals surface area contributed by atoms with E-state index >= 15 is 0 Å². The third-order valence-corrected chi connectivity index (χ3v) is 5.51. The molecular weight excluding hydrogens is 368 g/mol. The number of fused-ring (bicyclic) bond motifs is 1. The fraction of sp³-hybridized carbons (Fsp3) is 0.348. The van der Waals surface area contributed by atoms with Crippen molar-refractivity contribution in [2.24, 2.45) is 0 Å². The minimum Gasteiger partial charge on any atom is -0.493 e. The number of H-pyrrole nitrogens is 1. The fourth-order valence-corrected chi connectivity index (χ4v) is 4.06. The monoisotopic (exact) mass is 394 g/mol. The van der Waals surface area contributed by atoms with Crippen molar-refractivity contribution in [1.29, 1.82) is 0 Å². The van der Waals surface area contributed by atoms with Crippen molar-refractivity contribution in [3.63, 3.8) is 0 Å². The van der Waals surface area contributed by atoms with E-state index in [1.807, 2.05) is 42.6 Å². The molecule has 152 valence electrons. The van der Waals surface area contributed by atoms with Gasteiger partial charge >= 0.3 is 0 Å². The van der Waals surface area contributed by atoms with Gasteiger partial charge in [-0.1, -0.05) is 30.3 Å². The second-order valence-electron chi connectivity index (χ2n) is 7.17. The van der Waals surface area contributed by atoms with Gasteiger partial charge in [-0.15, -0.1) is 0 Å². The Morgan fingerprint density at radius 2 is 2.03 bits per heavy atom. The van der Waals surface area contributed by atoms with Gasteiger partial charge in [0.15, 0.2) is 11.5 Å². The second-order valence-corrected chi connectivity index (χ2v) is 7.17.